The van der Waals surface area contributed by atoms with Gasteiger partial charge in [-0.2, -0.15) is 14.9 Å². The predicted octanol–water partition coefficient (Wildman–Crippen LogP) is 3.46. The van der Waals surface area contributed by atoms with Gasteiger partial charge in [0.1, 0.15) is 0 Å². The Balaban J connectivity index is 1.86. The van der Waals surface area contributed by atoms with E-state index in [1.807, 2.05) is 6.07 Å². The molecule has 0 bridgehead atoms. The molecule has 0 aliphatic heterocycles. The first kappa shape index (κ1) is 16.4. The highest BCUT2D eigenvalue weighted by Crippen LogP contribution is 2.19. The minimum absolute atomic E-state index is 0.0307. The standard InChI is InChI=1S/C16H12N6O2S/c23-22(24)14-8-2-1-5-12(14)6-4-10-18-21-15(19-20-16(21)25)13-7-3-9-17-11-13/h1-11H,(H,20,25). The van der Waals surface area contributed by atoms with Gasteiger partial charge in [0.2, 0.25) is 4.77 Å². The Morgan fingerprint density at radius 3 is 2.88 bits per heavy atom. The number of nitrogens with zero attached hydrogens (tertiary/aromatic N) is 5. The highest BCUT2D eigenvalue weighted by Gasteiger charge is 2.09. The lowest BCUT2D eigenvalue weighted by molar-refractivity contribution is -0.385. The molecule has 1 N–H and O–H groups in total. The molecule has 0 amide bonds. The topological polar surface area (TPSA) is 102 Å². The molecule has 2 aromatic heterocycles. The molecule has 0 atom stereocenters. The minimum Gasteiger partial charge on any atom is -0.264 e. The highest BCUT2D eigenvalue weighted by atomic mass is 32.1. The quantitative estimate of drug-likeness (QED) is 0.328. The fraction of sp³-hybridized carbons (Fsp3) is 0. The summed E-state index contributed by atoms with van der Waals surface area (Å²) >= 11 is 5.17. The van der Waals surface area contributed by atoms with Gasteiger partial charge in [0.15, 0.2) is 5.82 Å². The van der Waals surface area contributed by atoms with Gasteiger partial charge < -0.3 is 0 Å². The van der Waals surface area contributed by atoms with Crippen LogP contribution in [0.15, 0.2) is 60.0 Å². The van der Waals surface area contributed by atoms with Crippen LogP contribution in [0.2, 0.25) is 0 Å². The first-order valence-corrected chi connectivity index (χ1v) is 7.60. The maximum Gasteiger partial charge on any atom is 0.276 e. The Morgan fingerprint density at radius 1 is 1.28 bits per heavy atom. The fourth-order valence-electron chi connectivity index (χ4n) is 2.13. The van der Waals surface area contributed by atoms with Crippen LogP contribution in [-0.2, 0) is 0 Å². The van der Waals surface area contributed by atoms with E-state index in [1.54, 1.807) is 48.8 Å². The van der Waals surface area contributed by atoms with E-state index in [9.17, 15) is 10.1 Å². The number of nitrogens with one attached hydrogen (secondary N) is 1. The molecule has 0 unspecified atom stereocenters. The summed E-state index contributed by atoms with van der Waals surface area (Å²) in [6.07, 6.45) is 8.01. The van der Waals surface area contributed by atoms with Crippen LogP contribution < -0.4 is 0 Å². The van der Waals surface area contributed by atoms with Crippen molar-refractivity contribution in [3.8, 4) is 11.4 Å². The summed E-state index contributed by atoms with van der Waals surface area (Å²) in [4.78, 5) is 14.6. The number of aromatic nitrogens is 4. The number of nitro benzene ring substituents is 1. The summed E-state index contributed by atoms with van der Waals surface area (Å²) in [6, 6.07) is 10.1. The van der Waals surface area contributed by atoms with E-state index < -0.39 is 4.92 Å². The van der Waals surface area contributed by atoms with Crippen molar-refractivity contribution in [1.29, 1.82) is 0 Å². The van der Waals surface area contributed by atoms with Crippen LogP contribution in [0.4, 0.5) is 5.69 Å². The Kier molecular flexibility index (Phi) is 4.86. The zero-order valence-electron chi connectivity index (χ0n) is 12.8. The summed E-state index contributed by atoms with van der Waals surface area (Å²) < 4.78 is 1.78. The van der Waals surface area contributed by atoms with E-state index in [4.69, 9.17) is 12.2 Å². The Morgan fingerprint density at radius 2 is 2.12 bits per heavy atom. The van der Waals surface area contributed by atoms with Gasteiger partial charge in [-0.05, 0) is 42.6 Å². The van der Waals surface area contributed by atoms with E-state index in [0.717, 1.165) is 5.56 Å². The lowest BCUT2D eigenvalue weighted by atomic mass is 10.2. The zero-order chi connectivity index (χ0) is 17.6. The summed E-state index contributed by atoms with van der Waals surface area (Å²) in [7, 11) is 0. The van der Waals surface area contributed by atoms with Crippen LogP contribution in [0, 0.1) is 14.9 Å². The number of pyridine rings is 1. The number of hydrogen-bond donors (Lipinski definition) is 1. The third-order valence-electron chi connectivity index (χ3n) is 3.25. The third kappa shape index (κ3) is 3.72. The van der Waals surface area contributed by atoms with Crippen molar-refractivity contribution in [2.75, 3.05) is 0 Å². The van der Waals surface area contributed by atoms with E-state index in [1.165, 1.54) is 17.0 Å². The smallest absolute Gasteiger partial charge is 0.264 e. The average molecular weight is 352 g/mol. The summed E-state index contributed by atoms with van der Waals surface area (Å²) in [6.45, 7) is 0. The van der Waals surface area contributed by atoms with Crippen molar-refractivity contribution in [2.45, 2.75) is 0 Å². The Labute approximate surface area is 147 Å². The molecule has 0 aliphatic carbocycles. The molecule has 0 saturated carbocycles. The van der Waals surface area contributed by atoms with Crippen LogP contribution in [0.3, 0.4) is 0 Å². The second-order valence-corrected chi connectivity index (χ2v) is 5.23. The number of aromatic amines is 1. The Hall–Kier alpha value is -3.46. The van der Waals surface area contributed by atoms with Gasteiger partial charge in [-0.3, -0.25) is 15.1 Å². The highest BCUT2D eigenvalue weighted by molar-refractivity contribution is 7.71. The number of benzene rings is 1. The van der Waals surface area contributed by atoms with E-state index >= 15 is 0 Å². The maximum atomic E-state index is 11.0. The molecule has 25 heavy (non-hydrogen) atoms. The van der Waals surface area contributed by atoms with Gasteiger partial charge in [0.25, 0.3) is 5.69 Å². The molecule has 124 valence electrons. The van der Waals surface area contributed by atoms with E-state index in [0.29, 0.717) is 16.2 Å². The van der Waals surface area contributed by atoms with Crippen molar-refractivity contribution in [2.24, 2.45) is 5.10 Å². The molecule has 0 radical (unpaired) electrons. The molecule has 9 heteroatoms. The molecular formula is C16H12N6O2S. The van der Waals surface area contributed by atoms with Crippen molar-refractivity contribution >= 4 is 30.2 Å². The van der Waals surface area contributed by atoms with Crippen LogP contribution in [0.5, 0.6) is 0 Å². The molecule has 3 aromatic rings. The number of rotatable bonds is 5. The van der Waals surface area contributed by atoms with Crippen LogP contribution >= 0.6 is 12.2 Å². The molecule has 0 fully saturated rings. The lowest BCUT2D eigenvalue weighted by Crippen LogP contribution is -1.94. The van der Waals surface area contributed by atoms with Gasteiger partial charge in [0.05, 0.1) is 10.5 Å². The van der Waals surface area contributed by atoms with Crippen molar-refractivity contribution in [3.63, 3.8) is 0 Å². The molecule has 2 heterocycles. The van der Waals surface area contributed by atoms with Gasteiger partial charge in [-0.25, -0.2) is 5.10 Å². The van der Waals surface area contributed by atoms with Gasteiger partial charge >= 0.3 is 0 Å². The molecular weight excluding hydrogens is 340 g/mol. The monoisotopic (exact) mass is 352 g/mol. The van der Waals surface area contributed by atoms with Crippen LogP contribution in [0.1, 0.15) is 5.56 Å². The van der Waals surface area contributed by atoms with Crippen molar-refractivity contribution < 1.29 is 4.92 Å². The second kappa shape index (κ2) is 7.41. The zero-order valence-corrected chi connectivity index (χ0v) is 13.6. The van der Waals surface area contributed by atoms with Gasteiger partial charge in [-0.1, -0.05) is 12.1 Å². The lowest BCUT2D eigenvalue weighted by Gasteiger charge is -1.99. The molecule has 0 spiro atoms. The number of hydrogen-bond acceptors (Lipinski definition) is 6. The minimum atomic E-state index is -0.427. The summed E-state index contributed by atoms with van der Waals surface area (Å²) in [5.41, 5.74) is 1.28. The van der Waals surface area contributed by atoms with E-state index in [2.05, 4.69) is 20.3 Å². The number of allylic oxidation sites excluding steroid dienone is 1. The van der Waals surface area contributed by atoms with Crippen LogP contribution in [-0.4, -0.2) is 31.0 Å². The molecule has 3 rings (SSSR count). The average Bonchev–Trinajstić information content (AvgIpc) is 3.00. The number of H-pyrrole nitrogens is 1. The summed E-state index contributed by atoms with van der Waals surface area (Å²) in [5.74, 6) is 0.522. The number of nitro groups is 1. The van der Waals surface area contributed by atoms with Gasteiger partial charge in [0, 0.05) is 30.2 Å². The first-order chi connectivity index (χ1) is 12.2. The largest absolute Gasteiger partial charge is 0.276 e. The number of para-hydroxylation sites is 1. The first-order valence-electron chi connectivity index (χ1n) is 7.19. The van der Waals surface area contributed by atoms with Crippen LogP contribution in [0.25, 0.3) is 17.5 Å². The summed E-state index contributed by atoms with van der Waals surface area (Å²) in [5, 5.41) is 22.0. The third-order valence-corrected chi connectivity index (χ3v) is 3.51. The fourth-order valence-corrected chi connectivity index (χ4v) is 2.31. The Bertz CT molecular complexity index is 1010. The molecule has 0 aliphatic rings. The van der Waals surface area contributed by atoms with Crippen molar-refractivity contribution in [3.05, 3.63) is 75.3 Å². The molecule has 1 aromatic carbocycles. The predicted molar refractivity (Wildman–Crippen MR) is 96.7 cm³/mol. The SMILES string of the molecule is O=[N+]([O-])c1ccccc1C=CC=Nn1c(-c2cccnc2)n[nH]c1=S. The van der Waals surface area contributed by atoms with Crippen molar-refractivity contribution in [1.82, 2.24) is 19.9 Å². The normalized spacial score (nSPS) is 11.4. The maximum absolute atomic E-state index is 11.0. The van der Waals surface area contributed by atoms with Gasteiger partial charge in [-0.15, -0.1) is 0 Å². The van der Waals surface area contributed by atoms with E-state index in [-0.39, 0.29) is 5.69 Å². The second-order valence-electron chi connectivity index (χ2n) is 4.85. The molecule has 8 nitrogen and oxygen atoms in total. The molecule has 0 saturated heterocycles.